The third-order valence-corrected chi connectivity index (χ3v) is 2.83. The molecule has 0 spiro atoms. The molecule has 0 saturated heterocycles. The van der Waals surface area contributed by atoms with Crippen molar-refractivity contribution in [2.24, 2.45) is 10.2 Å². The summed E-state index contributed by atoms with van der Waals surface area (Å²) in [6, 6.07) is 5.40. The lowest BCUT2D eigenvalue weighted by molar-refractivity contribution is -0.121. The van der Waals surface area contributed by atoms with Crippen molar-refractivity contribution in [2.45, 2.75) is 40.5 Å². The number of aromatic nitrogens is 1. The Morgan fingerprint density at radius 1 is 0.917 bits per heavy atom. The number of rotatable bonds is 6. The van der Waals surface area contributed by atoms with Gasteiger partial charge in [-0.25, -0.2) is 15.8 Å². The minimum Gasteiger partial charge on any atom is -0.273 e. The lowest BCUT2D eigenvalue weighted by atomic mass is 10.2. The Hall–Kier alpha value is -1.99. The zero-order valence-electron chi connectivity index (χ0n) is 14.1. The zero-order chi connectivity index (χ0) is 16.5. The fraction of sp³-hybridized carbons (Fsp3) is 0.400. The summed E-state index contributed by atoms with van der Waals surface area (Å²) < 4.78 is 0. The van der Waals surface area contributed by atoms with Crippen LogP contribution < -0.4 is 10.9 Å². The van der Waals surface area contributed by atoms with Crippen molar-refractivity contribution in [1.82, 2.24) is 15.8 Å². The average Bonchev–Trinajstić information content (AvgIpc) is 2.56. The number of pyridine rings is 1. The van der Waals surface area contributed by atoms with Crippen LogP contribution in [0.4, 0.5) is 0 Å². The summed E-state index contributed by atoms with van der Waals surface area (Å²) in [6.07, 6.45) is 0.736. The second kappa shape index (κ2) is 12.4. The topological polar surface area (TPSA) is 95.8 Å². The summed E-state index contributed by atoms with van der Waals surface area (Å²) in [4.78, 5) is 26.8. The fourth-order valence-electron chi connectivity index (χ4n) is 1.40. The van der Waals surface area contributed by atoms with Crippen LogP contribution in [0.25, 0.3) is 0 Å². The molecule has 1 aromatic rings. The summed E-state index contributed by atoms with van der Waals surface area (Å²) in [6.45, 7) is 7.02. The van der Waals surface area contributed by atoms with Gasteiger partial charge >= 0.3 is 0 Å². The third-order valence-electron chi connectivity index (χ3n) is 2.83. The number of hydrogen-bond acceptors (Lipinski definition) is 5. The molecule has 7 nitrogen and oxygen atoms in total. The second-order valence-corrected chi connectivity index (χ2v) is 4.58. The van der Waals surface area contributed by atoms with Gasteiger partial charge in [-0.2, -0.15) is 10.2 Å². The highest BCUT2D eigenvalue weighted by Gasteiger charge is 2.05. The lowest BCUT2D eigenvalue weighted by Gasteiger charge is -2.05. The molecule has 1 aromatic heterocycles. The summed E-state index contributed by atoms with van der Waals surface area (Å²) in [5.74, 6) is -0.314. The van der Waals surface area contributed by atoms with Crippen molar-refractivity contribution < 1.29 is 9.59 Å². The predicted octanol–water partition coefficient (Wildman–Crippen LogP) is 2.43. The molecule has 24 heavy (non-hydrogen) atoms. The molecular weight excluding hydrogens is 353 g/mol. The average molecular weight is 376 g/mol. The van der Waals surface area contributed by atoms with Crippen LogP contribution in [0.2, 0.25) is 0 Å². The van der Waals surface area contributed by atoms with Gasteiger partial charge in [-0.05, 0) is 26.0 Å². The Bertz CT molecular complexity index is 568. The highest BCUT2D eigenvalue weighted by Crippen LogP contribution is 2.03. The van der Waals surface area contributed by atoms with E-state index in [4.69, 9.17) is 0 Å². The molecular formula is C15H23Cl2N5O2. The Kier molecular flexibility index (Phi) is 12.6. The largest absolute Gasteiger partial charge is 0.273 e. The molecule has 2 N–H and O–H groups in total. The van der Waals surface area contributed by atoms with E-state index in [9.17, 15) is 9.59 Å². The van der Waals surface area contributed by atoms with E-state index >= 15 is 0 Å². The number of hydrogen-bond donors (Lipinski definition) is 2. The highest BCUT2D eigenvalue weighted by atomic mass is 35.5. The molecule has 0 aromatic carbocycles. The molecule has 0 aliphatic rings. The number of hydrazone groups is 2. The smallest absolute Gasteiger partial charge is 0.239 e. The molecule has 0 radical (unpaired) electrons. The van der Waals surface area contributed by atoms with Gasteiger partial charge in [0.1, 0.15) is 0 Å². The normalized spacial score (nSPS) is 11.0. The van der Waals surface area contributed by atoms with Gasteiger partial charge < -0.3 is 0 Å². The quantitative estimate of drug-likeness (QED) is 0.590. The lowest BCUT2D eigenvalue weighted by Crippen LogP contribution is -2.19. The molecule has 0 saturated carbocycles. The van der Waals surface area contributed by atoms with Crippen LogP contribution in [0.3, 0.4) is 0 Å². The van der Waals surface area contributed by atoms with Gasteiger partial charge in [-0.3, -0.25) is 9.59 Å². The highest BCUT2D eigenvalue weighted by molar-refractivity contribution is 6.01. The summed E-state index contributed by atoms with van der Waals surface area (Å²) >= 11 is 0. The minimum atomic E-state index is -0.157. The van der Waals surface area contributed by atoms with E-state index in [1.165, 1.54) is 0 Å². The first kappa shape index (κ1) is 24.3. The summed E-state index contributed by atoms with van der Waals surface area (Å²) in [5, 5.41) is 8.00. The molecule has 0 aliphatic heterocycles. The van der Waals surface area contributed by atoms with E-state index < -0.39 is 0 Å². The van der Waals surface area contributed by atoms with E-state index in [0.717, 1.165) is 0 Å². The number of nitrogens with zero attached hydrogens (tertiary/aromatic N) is 3. The fourth-order valence-corrected chi connectivity index (χ4v) is 1.40. The number of halogens is 2. The van der Waals surface area contributed by atoms with Gasteiger partial charge in [-0.1, -0.05) is 19.9 Å². The molecule has 0 bridgehead atoms. The first-order chi connectivity index (χ1) is 10.5. The first-order valence-corrected chi connectivity index (χ1v) is 7.12. The number of carbonyl (C=O) groups excluding carboxylic acids is 2. The van der Waals surface area contributed by atoms with Crippen molar-refractivity contribution in [3.8, 4) is 0 Å². The molecule has 134 valence electrons. The molecule has 0 atom stereocenters. The summed E-state index contributed by atoms with van der Waals surface area (Å²) in [5.41, 5.74) is 7.34. The Labute approximate surface area is 154 Å². The monoisotopic (exact) mass is 375 g/mol. The van der Waals surface area contributed by atoms with E-state index in [0.29, 0.717) is 35.7 Å². The Balaban J connectivity index is 0. The SMILES string of the molecule is CCC(=O)N/N=C(\C)c1cccc(/C(C)=N/NC(=O)CC)n1.Cl.Cl. The van der Waals surface area contributed by atoms with Crippen LogP contribution in [-0.2, 0) is 9.59 Å². The first-order valence-electron chi connectivity index (χ1n) is 7.12. The van der Waals surface area contributed by atoms with Gasteiger partial charge in [0.2, 0.25) is 11.8 Å². The van der Waals surface area contributed by atoms with Crippen LogP contribution in [0.15, 0.2) is 28.4 Å². The third kappa shape index (κ3) is 8.03. The van der Waals surface area contributed by atoms with E-state index in [2.05, 4.69) is 26.0 Å². The maximum absolute atomic E-state index is 11.2. The van der Waals surface area contributed by atoms with Crippen molar-refractivity contribution in [3.63, 3.8) is 0 Å². The molecule has 1 heterocycles. The van der Waals surface area contributed by atoms with Crippen molar-refractivity contribution in [1.29, 1.82) is 0 Å². The predicted molar refractivity (Wildman–Crippen MR) is 100 cm³/mol. The van der Waals surface area contributed by atoms with Crippen LogP contribution in [0.1, 0.15) is 51.9 Å². The maximum Gasteiger partial charge on any atom is 0.239 e. The number of amides is 2. The van der Waals surface area contributed by atoms with E-state index in [1.54, 1.807) is 39.8 Å². The minimum absolute atomic E-state index is 0. The molecule has 0 aliphatic carbocycles. The van der Waals surface area contributed by atoms with Crippen LogP contribution in [0.5, 0.6) is 0 Å². The molecule has 0 fully saturated rings. The molecule has 2 amide bonds. The Morgan fingerprint density at radius 3 is 1.62 bits per heavy atom. The van der Waals surface area contributed by atoms with Crippen molar-refractivity contribution in [2.75, 3.05) is 0 Å². The standard InChI is InChI=1S/C15H21N5O2.2ClH/c1-5-14(21)19-17-10(3)12-8-7-9-13(16-12)11(4)18-20-15(22)6-2;;/h7-9H,5-6H2,1-4H3,(H,19,21)(H,20,22);2*1H/b17-10+,18-11+;;. The summed E-state index contributed by atoms with van der Waals surface area (Å²) in [7, 11) is 0. The molecule has 0 unspecified atom stereocenters. The number of carbonyl (C=O) groups is 2. The van der Waals surface area contributed by atoms with Crippen LogP contribution in [0, 0.1) is 0 Å². The maximum atomic E-state index is 11.2. The van der Waals surface area contributed by atoms with Gasteiger partial charge in [0, 0.05) is 12.8 Å². The van der Waals surface area contributed by atoms with Gasteiger partial charge in [0.25, 0.3) is 0 Å². The molecule has 1 rings (SSSR count). The zero-order valence-corrected chi connectivity index (χ0v) is 15.8. The van der Waals surface area contributed by atoms with Gasteiger partial charge in [0.15, 0.2) is 0 Å². The van der Waals surface area contributed by atoms with E-state index in [-0.39, 0.29) is 36.6 Å². The van der Waals surface area contributed by atoms with Crippen molar-refractivity contribution in [3.05, 3.63) is 29.6 Å². The molecule has 9 heteroatoms. The van der Waals surface area contributed by atoms with E-state index in [1.807, 2.05) is 6.07 Å². The van der Waals surface area contributed by atoms with Gasteiger partial charge in [-0.15, -0.1) is 24.8 Å². The second-order valence-electron chi connectivity index (χ2n) is 4.58. The van der Waals surface area contributed by atoms with Crippen LogP contribution >= 0.6 is 24.8 Å². The van der Waals surface area contributed by atoms with Gasteiger partial charge in [0.05, 0.1) is 22.8 Å². The van der Waals surface area contributed by atoms with Crippen molar-refractivity contribution >= 4 is 48.1 Å². The Morgan fingerprint density at radius 2 is 1.29 bits per heavy atom. The number of nitrogens with one attached hydrogen (secondary N) is 2. The van der Waals surface area contributed by atoms with Crippen LogP contribution in [-0.4, -0.2) is 28.2 Å².